The molecule has 6 nitrogen and oxygen atoms in total. The first kappa shape index (κ1) is 13.4. The number of hydrogen-bond acceptors (Lipinski definition) is 4. The Morgan fingerprint density at radius 3 is 2.84 bits per heavy atom. The zero-order valence-corrected chi connectivity index (χ0v) is 11.0. The monoisotopic (exact) mass is 281 g/mol. The summed E-state index contributed by atoms with van der Waals surface area (Å²) < 4.78 is 7.03. The van der Waals surface area contributed by atoms with Crippen LogP contribution in [0.4, 0.5) is 0 Å². The Kier molecular flexibility index (Phi) is 4.01. The predicted molar refractivity (Wildman–Crippen MR) is 68.4 cm³/mol. The first-order valence-corrected chi connectivity index (χ1v) is 6.02. The lowest BCUT2D eigenvalue weighted by atomic mass is 10.2. The molecular formula is C12H12ClN3O3. The number of nitrogens with zero attached hydrogens (tertiary/aromatic N) is 3. The average molecular weight is 282 g/mol. The molecule has 0 amide bonds. The number of aromatic nitrogens is 3. The smallest absolute Gasteiger partial charge is 0.339 e. The highest BCUT2D eigenvalue weighted by molar-refractivity contribution is 6.30. The van der Waals surface area contributed by atoms with E-state index in [1.165, 1.54) is 12.4 Å². The second-order valence-corrected chi connectivity index (χ2v) is 4.17. The molecular weight excluding hydrogens is 270 g/mol. The summed E-state index contributed by atoms with van der Waals surface area (Å²) in [5.74, 6) is -0.646. The number of carboxylic acids is 1. The van der Waals surface area contributed by atoms with Gasteiger partial charge >= 0.3 is 5.97 Å². The molecule has 0 aliphatic heterocycles. The summed E-state index contributed by atoms with van der Waals surface area (Å²) in [5, 5.41) is 13.6. The minimum Gasteiger partial charge on any atom is -0.478 e. The van der Waals surface area contributed by atoms with Gasteiger partial charge in [-0.1, -0.05) is 11.6 Å². The molecule has 0 fully saturated rings. The number of carbonyl (C=O) groups is 1. The minimum absolute atomic E-state index is 0.0874. The van der Waals surface area contributed by atoms with Crippen molar-refractivity contribution in [3.8, 4) is 5.88 Å². The number of hydrogen-bond donors (Lipinski definition) is 1. The molecule has 7 heteroatoms. The second-order valence-electron chi connectivity index (χ2n) is 3.73. The van der Waals surface area contributed by atoms with Gasteiger partial charge in [0.15, 0.2) is 0 Å². The Balaban J connectivity index is 2.16. The Morgan fingerprint density at radius 2 is 2.26 bits per heavy atom. The van der Waals surface area contributed by atoms with Gasteiger partial charge in [0.1, 0.15) is 12.2 Å². The van der Waals surface area contributed by atoms with Crippen molar-refractivity contribution in [2.24, 2.45) is 0 Å². The van der Waals surface area contributed by atoms with E-state index in [-0.39, 0.29) is 12.2 Å². The van der Waals surface area contributed by atoms with E-state index in [0.717, 1.165) is 0 Å². The molecule has 100 valence electrons. The van der Waals surface area contributed by atoms with E-state index < -0.39 is 5.97 Å². The van der Waals surface area contributed by atoms with Crippen LogP contribution in [-0.4, -0.2) is 25.8 Å². The molecule has 2 heterocycles. The Bertz CT molecular complexity index is 580. The van der Waals surface area contributed by atoms with E-state index in [9.17, 15) is 4.79 Å². The molecule has 1 N–H and O–H groups in total. The zero-order valence-electron chi connectivity index (χ0n) is 10.2. The number of aromatic carboxylic acids is 1. The normalized spacial score (nSPS) is 10.4. The summed E-state index contributed by atoms with van der Waals surface area (Å²) in [5.41, 5.74) is 0.641. The number of rotatable bonds is 5. The lowest BCUT2D eigenvalue weighted by Crippen LogP contribution is -2.10. The maximum Gasteiger partial charge on any atom is 0.339 e. The van der Waals surface area contributed by atoms with Gasteiger partial charge in [0.05, 0.1) is 16.9 Å². The molecule has 2 rings (SSSR count). The predicted octanol–water partition coefficient (Wildman–Crippen LogP) is 2.23. The largest absolute Gasteiger partial charge is 0.478 e. The fourth-order valence-electron chi connectivity index (χ4n) is 1.60. The van der Waals surface area contributed by atoms with E-state index in [2.05, 4.69) is 10.1 Å². The molecule has 0 aliphatic carbocycles. The van der Waals surface area contributed by atoms with Gasteiger partial charge < -0.3 is 9.84 Å². The molecule has 19 heavy (non-hydrogen) atoms. The number of ether oxygens (including phenoxy) is 1. The molecule has 0 aromatic carbocycles. The molecule has 0 aliphatic rings. The summed E-state index contributed by atoms with van der Waals surface area (Å²) in [4.78, 5) is 15.0. The van der Waals surface area contributed by atoms with E-state index in [1.54, 1.807) is 16.8 Å². The van der Waals surface area contributed by atoms with E-state index in [4.69, 9.17) is 21.4 Å². The zero-order chi connectivity index (χ0) is 13.8. The topological polar surface area (TPSA) is 77.2 Å². The van der Waals surface area contributed by atoms with Crippen LogP contribution in [0.5, 0.6) is 5.88 Å². The van der Waals surface area contributed by atoms with Crippen molar-refractivity contribution in [2.75, 3.05) is 0 Å². The maximum atomic E-state index is 11.1. The van der Waals surface area contributed by atoms with Crippen molar-refractivity contribution in [1.82, 2.24) is 14.8 Å². The number of halogens is 1. The molecule has 0 unspecified atom stereocenters. The fraction of sp³-hybridized carbons (Fsp3) is 0.250. The number of carboxylic acid groups (broad SMARTS) is 1. The van der Waals surface area contributed by atoms with Crippen LogP contribution in [0.15, 0.2) is 24.5 Å². The first-order chi connectivity index (χ1) is 9.11. The van der Waals surface area contributed by atoms with Crippen LogP contribution < -0.4 is 4.74 Å². The van der Waals surface area contributed by atoms with Crippen LogP contribution in [0.25, 0.3) is 0 Å². The Hall–Kier alpha value is -2.08. The van der Waals surface area contributed by atoms with Crippen molar-refractivity contribution in [3.05, 3.63) is 40.8 Å². The quantitative estimate of drug-likeness (QED) is 0.909. The summed E-state index contributed by atoms with van der Waals surface area (Å²) in [6.07, 6.45) is 2.78. The van der Waals surface area contributed by atoms with Crippen molar-refractivity contribution in [3.63, 3.8) is 0 Å². The number of pyridine rings is 1. The van der Waals surface area contributed by atoms with Crippen molar-refractivity contribution in [1.29, 1.82) is 0 Å². The van der Waals surface area contributed by atoms with Gasteiger partial charge in [0.25, 0.3) is 0 Å². The van der Waals surface area contributed by atoms with Crippen LogP contribution in [-0.2, 0) is 13.2 Å². The molecule has 0 spiro atoms. The average Bonchev–Trinajstić information content (AvgIpc) is 2.81. The van der Waals surface area contributed by atoms with Crippen molar-refractivity contribution >= 4 is 17.6 Å². The molecule has 0 radical (unpaired) electrons. The van der Waals surface area contributed by atoms with Crippen LogP contribution in [0.3, 0.4) is 0 Å². The van der Waals surface area contributed by atoms with Crippen molar-refractivity contribution < 1.29 is 14.6 Å². The van der Waals surface area contributed by atoms with Gasteiger partial charge in [0, 0.05) is 18.8 Å². The van der Waals surface area contributed by atoms with Crippen molar-refractivity contribution in [2.45, 2.75) is 20.1 Å². The minimum atomic E-state index is -1.03. The van der Waals surface area contributed by atoms with E-state index >= 15 is 0 Å². The SMILES string of the molecule is CCn1ncc(C(=O)O)c1COc1ccc(Cl)cn1. The van der Waals surface area contributed by atoms with Crippen LogP contribution in [0.1, 0.15) is 23.0 Å². The highest BCUT2D eigenvalue weighted by Gasteiger charge is 2.16. The third kappa shape index (κ3) is 3.03. The van der Waals surface area contributed by atoms with Gasteiger partial charge in [-0.2, -0.15) is 5.10 Å². The fourth-order valence-corrected chi connectivity index (χ4v) is 1.72. The molecule has 0 saturated heterocycles. The van der Waals surface area contributed by atoms with Gasteiger partial charge in [-0.05, 0) is 13.0 Å². The number of aryl methyl sites for hydroxylation is 1. The van der Waals surface area contributed by atoms with Crippen LogP contribution in [0.2, 0.25) is 5.02 Å². The highest BCUT2D eigenvalue weighted by Crippen LogP contribution is 2.15. The van der Waals surface area contributed by atoms with Crippen LogP contribution >= 0.6 is 11.6 Å². The third-order valence-corrected chi connectivity index (χ3v) is 2.76. The molecule has 0 bridgehead atoms. The first-order valence-electron chi connectivity index (χ1n) is 5.64. The maximum absolute atomic E-state index is 11.1. The van der Waals surface area contributed by atoms with E-state index in [0.29, 0.717) is 23.1 Å². The molecule has 0 saturated carbocycles. The van der Waals surface area contributed by atoms with Gasteiger partial charge in [-0.3, -0.25) is 4.68 Å². The molecule has 0 atom stereocenters. The van der Waals surface area contributed by atoms with Gasteiger partial charge in [0.2, 0.25) is 5.88 Å². The van der Waals surface area contributed by atoms with Crippen LogP contribution in [0, 0.1) is 0 Å². The molecule has 2 aromatic heterocycles. The second kappa shape index (κ2) is 5.71. The lowest BCUT2D eigenvalue weighted by molar-refractivity contribution is 0.0693. The third-order valence-electron chi connectivity index (χ3n) is 2.54. The highest BCUT2D eigenvalue weighted by atomic mass is 35.5. The summed E-state index contributed by atoms with van der Waals surface area (Å²) in [6.45, 7) is 2.53. The summed E-state index contributed by atoms with van der Waals surface area (Å²) in [7, 11) is 0. The van der Waals surface area contributed by atoms with Gasteiger partial charge in [-0.25, -0.2) is 9.78 Å². The summed E-state index contributed by atoms with van der Waals surface area (Å²) >= 11 is 5.72. The molecule has 2 aromatic rings. The van der Waals surface area contributed by atoms with E-state index in [1.807, 2.05) is 6.92 Å². The standard InChI is InChI=1S/C12H12ClN3O3/c1-2-16-10(9(6-15-16)12(17)18)7-19-11-4-3-8(13)5-14-11/h3-6H,2,7H2,1H3,(H,17,18). The summed E-state index contributed by atoms with van der Waals surface area (Å²) in [6, 6.07) is 3.27. The Labute approximate surface area is 114 Å². The lowest BCUT2D eigenvalue weighted by Gasteiger charge is -2.08. The van der Waals surface area contributed by atoms with Gasteiger partial charge in [-0.15, -0.1) is 0 Å². The Morgan fingerprint density at radius 1 is 1.47 bits per heavy atom.